The maximum Gasteiger partial charge on any atom is 0.335 e. The summed E-state index contributed by atoms with van der Waals surface area (Å²) < 4.78 is 0. The molecule has 1 atom stereocenters. The Kier molecular flexibility index (Phi) is 4.61. The van der Waals surface area contributed by atoms with E-state index in [1.807, 2.05) is 20.8 Å². The average molecular weight is 265 g/mol. The number of pyridine rings is 1. The zero-order valence-corrected chi connectivity index (χ0v) is 11.3. The predicted molar refractivity (Wildman–Crippen MR) is 70.5 cm³/mol. The van der Waals surface area contributed by atoms with Gasteiger partial charge in [0.1, 0.15) is 0 Å². The van der Waals surface area contributed by atoms with E-state index in [9.17, 15) is 9.59 Å². The number of hydrogen-bond donors (Lipinski definition) is 3. The highest BCUT2D eigenvalue weighted by atomic mass is 16.4. The van der Waals surface area contributed by atoms with Gasteiger partial charge in [-0.25, -0.2) is 4.79 Å². The average Bonchev–Trinajstić information content (AvgIpc) is 2.34. The number of carboxylic acid groups (broad SMARTS) is 1. The van der Waals surface area contributed by atoms with Gasteiger partial charge in [-0.1, -0.05) is 20.8 Å². The molecule has 0 radical (unpaired) electrons. The number of carboxylic acids is 1. The molecule has 19 heavy (non-hydrogen) atoms. The number of rotatable bonds is 4. The Balaban J connectivity index is 2.65. The third-order valence-corrected chi connectivity index (χ3v) is 2.72. The van der Waals surface area contributed by atoms with Crippen LogP contribution in [-0.2, 0) is 11.3 Å². The molecule has 1 aromatic heterocycles. The minimum absolute atomic E-state index is 0.138. The number of nitrogens with two attached hydrogens (primary N) is 1. The fourth-order valence-corrected chi connectivity index (χ4v) is 1.39. The molecular weight excluding hydrogens is 246 g/mol. The first-order valence-electron chi connectivity index (χ1n) is 5.93. The first-order valence-corrected chi connectivity index (χ1v) is 5.93. The van der Waals surface area contributed by atoms with E-state index < -0.39 is 12.0 Å². The molecule has 0 aliphatic heterocycles. The summed E-state index contributed by atoms with van der Waals surface area (Å²) in [4.78, 5) is 26.6. The third-order valence-electron chi connectivity index (χ3n) is 2.72. The Labute approximate surface area is 112 Å². The van der Waals surface area contributed by atoms with Crippen LogP contribution in [0.1, 0.15) is 36.8 Å². The number of hydrogen-bond acceptors (Lipinski definition) is 4. The van der Waals surface area contributed by atoms with Crippen molar-refractivity contribution in [1.29, 1.82) is 0 Å². The Hall–Kier alpha value is -1.95. The van der Waals surface area contributed by atoms with Crippen molar-refractivity contribution in [1.82, 2.24) is 10.3 Å². The van der Waals surface area contributed by atoms with Crippen molar-refractivity contribution in [2.24, 2.45) is 11.1 Å². The molecule has 0 bridgehead atoms. The summed E-state index contributed by atoms with van der Waals surface area (Å²) in [5.74, 6) is -1.31. The van der Waals surface area contributed by atoms with Crippen molar-refractivity contribution in [2.45, 2.75) is 33.4 Å². The summed E-state index contributed by atoms with van der Waals surface area (Å²) in [7, 11) is 0. The van der Waals surface area contributed by atoms with Crippen LogP contribution in [-0.4, -0.2) is 28.0 Å². The van der Waals surface area contributed by atoms with Gasteiger partial charge < -0.3 is 16.2 Å². The number of carbonyl (C=O) groups excluding carboxylic acids is 1. The lowest BCUT2D eigenvalue weighted by atomic mass is 9.87. The third kappa shape index (κ3) is 4.33. The van der Waals surface area contributed by atoms with Gasteiger partial charge in [0.15, 0.2) is 0 Å². The lowest BCUT2D eigenvalue weighted by Crippen LogP contribution is -2.48. The van der Waals surface area contributed by atoms with Crippen molar-refractivity contribution in [3.8, 4) is 0 Å². The lowest BCUT2D eigenvalue weighted by molar-refractivity contribution is -0.124. The highest BCUT2D eigenvalue weighted by molar-refractivity contribution is 5.87. The predicted octanol–water partition coefficient (Wildman–Crippen LogP) is 0.769. The van der Waals surface area contributed by atoms with Gasteiger partial charge >= 0.3 is 5.97 Å². The highest BCUT2D eigenvalue weighted by Gasteiger charge is 2.27. The maximum absolute atomic E-state index is 11.8. The zero-order chi connectivity index (χ0) is 14.6. The molecule has 6 heteroatoms. The Morgan fingerprint density at radius 3 is 2.63 bits per heavy atom. The van der Waals surface area contributed by atoms with E-state index in [1.54, 1.807) is 0 Å². The molecule has 4 N–H and O–H groups in total. The molecular formula is C13H19N3O3. The van der Waals surface area contributed by atoms with Crippen molar-refractivity contribution < 1.29 is 14.7 Å². The van der Waals surface area contributed by atoms with Crippen molar-refractivity contribution >= 4 is 11.9 Å². The van der Waals surface area contributed by atoms with E-state index >= 15 is 0 Å². The normalized spacial score (nSPS) is 12.8. The van der Waals surface area contributed by atoms with E-state index in [2.05, 4.69) is 10.3 Å². The topological polar surface area (TPSA) is 105 Å². The molecule has 0 spiro atoms. The molecule has 1 heterocycles. The van der Waals surface area contributed by atoms with Crippen LogP contribution in [0.25, 0.3) is 0 Å². The second-order valence-electron chi connectivity index (χ2n) is 5.40. The van der Waals surface area contributed by atoms with E-state index in [1.165, 1.54) is 18.3 Å². The molecule has 0 aliphatic rings. The summed E-state index contributed by atoms with van der Waals surface area (Å²) in [5, 5.41) is 11.5. The van der Waals surface area contributed by atoms with Gasteiger partial charge in [-0.3, -0.25) is 9.78 Å². The van der Waals surface area contributed by atoms with Crippen LogP contribution in [0.4, 0.5) is 0 Å². The van der Waals surface area contributed by atoms with Gasteiger partial charge in [0, 0.05) is 6.20 Å². The van der Waals surface area contributed by atoms with Crippen LogP contribution in [0.5, 0.6) is 0 Å². The maximum atomic E-state index is 11.8. The summed E-state index contributed by atoms with van der Waals surface area (Å²) in [6, 6.07) is 2.19. The number of aromatic nitrogens is 1. The Morgan fingerprint density at radius 2 is 2.11 bits per heavy atom. The fourth-order valence-electron chi connectivity index (χ4n) is 1.39. The second kappa shape index (κ2) is 5.79. The molecule has 0 aliphatic carbocycles. The molecule has 1 aromatic rings. The van der Waals surface area contributed by atoms with Gasteiger partial charge in [-0.15, -0.1) is 0 Å². The highest BCUT2D eigenvalue weighted by Crippen LogP contribution is 2.17. The van der Waals surface area contributed by atoms with E-state index in [4.69, 9.17) is 10.8 Å². The second-order valence-corrected chi connectivity index (χ2v) is 5.40. The first-order chi connectivity index (χ1) is 8.71. The number of amides is 1. The quantitative estimate of drug-likeness (QED) is 0.745. The van der Waals surface area contributed by atoms with E-state index in [0.717, 1.165) is 0 Å². The van der Waals surface area contributed by atoms with Crippen LogP contribution >= 0.6 is 0 Å². The van der Waals surface area contributed by atoms with E-state index in [-0.39, 0.29) is 23.4 Å². The van der Waals surface area contributed by atoms with Crippen LogP contribution < -0.4 is 11.1 Å². The number of nitrogens with one attached hydrogen (secondary N) is 1. The van der Waals surface area contributed by atoms with Crippen molar-refractivity contribution in [3.05, 3.63) is 29.6 Å². The SMILES string of the molecule is CC(C)(C)C(N)C(=O)NCc1cc(C(=O)O)ccn1. The van der Waals surface area contributed by atoms with E-state index in [0.29, 0.717) is 5.69 Å². The number of aromatic carboxylic acids is 1. The first kappa shape index (κ1) is 15.1. The largest absolute Gasteiger partial charge is 0.478 e. The molecule has 1 rings (SSSR count). The molecule has 0 fully saturated rings. The standard InChI is InChI=1S/C13H19N3O3/c1-13(2,3)10(14)11(17)16-7-9-6-8(12(18)19)4-5-15-9/h4-6,10H,7,14H2,1-3H3,(H,16,17)(H,18,19). The number of nitrogens with zero attached hydrogens (tertiary/aromatic N) is 1. The van der Waals surface area contributed by atoms with Crippen molar-refractivity contribution in [2.75, 3.05) is 0 Å². The van der Waals surface area contributed by atoms with Gasteiger partial charge in [0.2, 0.25) is 5.91 Å². The van der Waals surface area contributed by atoms with Gasteiger partial charge in [-0.05, 0) is 17.5 Å². The van der Waals surface area contributed by atoms with Crippen LogP contribution in [0.15, 0.2) is 18.3 Å². The molecule has 1 amide bonds. The lowest BCUT2D eigenvalue weighted by Gasteiger charge is -2.25. The summed E-state index contributed by atoms with van der Waals surface area (Å²) in [6.45, 7) is 5.78. The smallest absolute Gasteiger partial charge is 0.335 e. The molecule has 0 saturated heterocycles. The molecule has 6 nitrogen and oxygen atoms in total. The molecule has 1 unspecified atom stereocenters. The molecule has 0 saturated carbocycles. The van der Waals surface area contributed by atoms with Gasteiger partial charge in [0.25, 0.3) is 0 Å². The Bertz CT molecular complexity index is 480. The monoisotopic (exact) mass is 265 g/mol. The van der Waals surface area contributed by atoms with Crippen LogP contribution in [0.3, 0.4) is 0 Å². The summed E-state index contributed by atoms with van der Waals surface area (Å²) in [6.07, 6.45) is 1.40. The zero-order valence-electron chi connectivity index (χ0n) is 11.3. The summed E-state index contributed by atoms with van der Waals surface area (Å²) in [5.41, 5.74) is 6.10. The minimum Gasteiger partial charge on any atom is -0.478 e. The molecule has 0 aromatic carbocycles. The minimum atomic E-state index is -1.03. The Morgan fingerprint density at radius 1 is 1.47 bits per heavy atom. The molecule has 104 valence electrons. The van der Waals surface area contributed by atoms with Gasteiger partial charge in [0.05, 0.1) is 23.8 Å². The summed E-state index contributed by atoms with van der Waals surface area (Å²) >= 11 is 0. The van der Waals surface area contributed by atoms with Crippen LogP contribution in [0, 0.1) is 5.41 Å². The van der Waals surface area contributed by atoms with Gasteiger partial charge in [-0.2, -0.15) is 0 Å². The fraction of sp³-hybridized carbons (Fsp3) is 0.462. The van der Waals surface area contributed by atoms with Crippen molar-refractivity contribution in [3.63, 3.8) is 0 Å². The number of carbonyl (C=O) groups is 2. The van der Waals surface area contributed by atoms with Crippen LogP contribution in [0.2, 0.25) is 0 Å².